The van der Waals surface area contributed by atoms with Crippen molar-refractivity contribution in [2.45, 2.75) is 12.8 Å². The maximum Gasteiger partial charge on any atom is 0.193 e. The minimum atomic E-state index is 0. The van der Waals surface area contributed by atoms with Crippen molar-refractivity contribution in [2.75, 3.05) is 60.7 Å². The summed E-state index contributed by atoms with van der Waals surface area (Å²) in [4.78, 5) is 6.74. The molecule has 1 aromatic carbocycles. The number of methoxy groups -OCH3 is 2. The van der Waals surface area contributed by atoms with Gasteiger partial charge in [-0.3, -0.25) is 4.99 Å². The fraction of sp³-hybridized carbons (Fsp3) is 0.632. The van der Waals surface area contributed by atoms with E-state index in [1.165, 1.54) is 5.56 Å². The zero-order chi connectivity index (χ0) is 17.9. The van der Waals surface area contributed by atoms with Crippen LogP contribution in [-0.4, -0.2) is 71.6 Å². The van der Waals surface area contributed by atoms with E-state index in [1.807, 2.05) is 25.2 Å². The van der Waals surface area contributed by atoms with Gasteiger partial charge in [-0.1, -0.05) is 18.2 Å². The Kier molecular flexibility index (Phi) is 11.6. The first-order valence-corrected chi connectivity index (χ1v) is 8.92. The van der Waals surface area contributed by atoms with Gasteiger partial charge >= 0.3 is 0 Å². The smallest absolute Gasteiger partial charge is 0.193 e. The number of guanidine groups is 1. The normalized spacial score (nSPS) is 17.1. The van der Waals surface area contributed by atoms with E-state index in [1.54, 1.807) is 14.2 Å². The molecule has 1 unspecified atom stereocenters. The third-order valence-electron chi connectivity index (χ3n) is 4.45. The molecule has 0 saturated carbocycles. The Bertz CT molecular complexity index is 543. The highest BCUT2D eigenvalue weighted by molar-refractivity contribution is 14.0. The minimum absolute atomic E-state index is 0. The largest absolute Gasteiger partial charge is 0.496 e. The predicted octanol–water partition coefficient (Wildman–Crippen LogP) is 2.42. The maximum absolute atomic E-state index is 5.66. The summed E-state index contributed by atoms with van der Waals surface area (Å²) in [5.74, 6) is 2.47. The van der Waals surface area contributed by atoms with E-state index in [9.17, 15) is 0 Å². The van der Waals surface area contributed by atoms with Gasteiger partial charge in [-0.25, -0.2) is 0 Å². The molecule has 1 aliphatic rings. The van der Waals surface area contributed by atoms with Gasteiger partial charge in [0.15, 0.2) is 5.96 Å². The van der Waals surface area contributed by atoms with Crippen LogP contribution in [0.1, 0.15) is 12.0 Å². The lowest BCUT2D eigenvalue weighted by Gasteiger charge is -2.22. The summed E-state index contributed by atoms with van der Waals surface area (Å²) in [5.41, 5.74) is 1.21. The third kappa shape index (κ3) is 7.28. The molecule has 148 valence electrons. The van der Waals surface area contributed by atoms with E-state index in [4.69, 9.17) is 14.2 Å². The van der Waals surface area contributed by atoms with Crippen LogP contribution in [0.4, 0.5) is 0 Å². The van der Waals surface area contributed by atoms with E-state index >= 15 is 0 Å². The molecule has 6 nitrogen and oxygen atoms in total. The van der Waals surface area contributed by atoms with Gasteiger partial charge in [-0.2, -0.15) is 0 Å². The number of nitrogens with zero attached hydrogens (tertiary/aromatic N) is 2. The topological polar surface area (TPSA) is 55.3 Å². The Morgan fingerprint density at radius 2 is 2.08 bits per heavy atom. The molecular formula is C19H32IN3O3. The second kappa shape index (κ2) is 13.2. The van der Waals surface area contributed by atoms with Crippen LogP contribution in [0.3, 0.4) is 0 Å². The van der Waals surface area contributed by atoms with Gasteiger partial charge in [-0.05, 0) is 24.5 Å². The Morgan fingerprint density at radius 1 is 1.27 bits per heavy atom. The zero-order valence-electron chi connectivity index (χ0n) is 16.1. The van der Waals surface area contributed by atoms with Crippen LogP contribution in [0.5, 0.6) is 5.75 Å². The maximum atomic E-state index is 5.66. The summed E-state index contributed by atoms with van der Waals surface area (Å²) in [6, 6.07) is 8.14. The number of nitrogens with one attached hydrogen (secondary N) is 1. The van der Waals surface area contributed by atoms with Crippen molar-refractivity contribution in [3.63, 3.8) is 0 Å². The summed E-state index contributed by atoms with van der Waals surface area (Å²) >= 11 is 0. The molecule has 26 heavy (non-hydrogen) atoms. The summed E-state index contributed by atoms with van der Waals surface area (Å²) in [6.07, 6.45) is 2.04. The number of likely N-dealkylation sites (tertiary alicyclic amines) is 1. The number of para-hydroxylation sites is 1. The summed E-state index contributed by atoms with van der Waals surface area (Å²) in [7, 11) is 5.25. The van der Waals surface area contributed by atoms with Crippen LogP contribution in [0.15, 0.2) is 29.3 Å². The Hall–Kier alpha value is -1.06. The molecule has 0 bridgehead atoms. The first-order valence-electron chi connectivity index (χ1n) is 8.92. The van der Waals surface area contributed by atoms with Gasteiger partial charge in [0, 0.05) is 39.7 Å². The van der Waals surface area contributed by atoms with E-state index in [-0.39, 0.29) is 24.0 Å². The lowest BCUT2D eigenvalue weighted by molar-refractivity contribution is 0.0536. The molecule has 0 aromatic heterocycles. The predicted molar refractivity (Wildman–Crippen MR) is 116 cm³/mol. The molecule has 1 heterocycles. The molecule has 0 spiro atoms. The summed E-state index contributed by atoms with van der Waals surface area (Å²) in [6.45, 7) is 4.95. The quantitative estimate of drug-likeness (QED) is 0.256. The van der Waals surface area contributed by atoms with Crippen LogP contribution < -0.4 is 10.1 Å². The highest BCUT2D eigenvalue weighted by atomic mass is 127. The molecule has 1 N–H and O–H groups in total. The first-order chi connectivity index (χ1) is 12.3. The molecule has 0 aliphatic carbocycles. The second-order valence-corrected chi connectivity index (χ2v) is 6.20. The van der Waals surface area contributed by atoms with Crippen LogP contribution in [-0.2, 0) is 15.9 Å². The van der Waals surface area contributed by atoms with Crippen molar-refractivity contribution in [3.8, 4) is 5.75 Å². The number of halogens is 1. The highest BCUT2D eigenvalue weighted by Crippen LogP contribution is 2.18. The number of hydrogen-bond acceptors (Lipinski definition) is 4. The number of rotatable bonds is 9. The average Bonchev–Trinajstić information content (AvgIpc) is 3.11. The third-order valence-corrected chi connectivity index (χ3v) is 4.45. The summed E-state index contributed by atoms with van der Waals surface area (Å²) < 4.78 is 16.1. The molecule has 0 amide bonds. The van der Waals surface area contributed by atoms with E-state index in [2.05, 4.69) is 21.3 Å². The van der Waals surface area contributed by atoms with Crippen molar-refractivity contribution in [2.24, 2.45) is 10.9 Å². The fourth-order valence-electron chi connectivity index (χ4n) is 3.10. The first kappa shape index (κ1) is 23.0. The van der Waals surface area contributed by atoms with Crippen LogP contribution in [0.25, 0.3) is 0 Å². The van der Waals surface area contributed by atoms with Crippen LogP contribution >= 0.6 is 24.0 Å². The van der Waals surface area contributed by atoms with Crippen molar-refractivity contribution in [1.29, 1.82) is 0 Å². The van der Waals surface area contributed by atoms with Gasteiger partial charge in [0.2, 0.25) is 0 Å². The van der Waals surface area contributed by atoms with Crippen molar-refractivity contribution < 1.29 is 14.2 Å². The van der Waals surface area contributed by atoms with Gasteiger partial charge in [0.25, 0.3) is 0 Å². The van der Waals surface area contributed by atoms with E-state index in [0.29, 0.717) is 19.1 Å². The number of aliphatic imine (C=N–C) groups is 1. The second-order valence-electron chi connectivity index (χ2n) is 6.20. The monoisotopic (exact) mass is 477 g/mol. The lowest BCUT2D eigenvalue weighted by Crippen LogP contribution is -2.41. The molecule has 1 aliphatic heterocycles. The fourth-order valence-corrected chi connectivity index (χ4v) is 3.10. The number of hydrogen-bond donors (Lipinski definition) is 1. The molecule has 1 aromatic rings. The Labute approximate surface area is 174 Å². The molecule has 1 saturated heterocycles. The van der Waals surface area contributed by atoms with E-state index < -0.39 is 0 Å². The van der Waals surface area contributed by atoms with Crippen molar-refractivity contribution in [1.82, 2.24) is 10.2 Å². The molecule has 1 atom stereocenters. The van der Waals surface area contributed by atoms with Gasteiger partial charge in [0.1, 0.15) is 5.75 Å². The Balaban J connectivity index is 0.00000338. The van der Waals surface area contributed by atoms with Gasteiger partial charge in [0.05, 0.1) is 26.9 Å². The SMILES string of the molecule is CN=C(NCCc1ccccc1OC)N1CCC(COCCOC)C1.I. The molecule has 0 radical (unpaired) electrons. The van der Waals surface area contributed by atoms with Crippen LogP contribution in [0, 0.1) is 5.92 Å². The van der Waals surface area contributed by atoms with Crippen LogP contribution in [0.2, 0.25) is 0 Å². The standard InChI is InChI=1S/C19H31N3O3.HI/c1-20-19(21-10-8-17-6-4-5-7-18(17)24-3)22-11-9-16(14-22)15-25-13-12-23-2;/h4-7,16H,8-15H2,1-3H3,(H,20,21);1H. The Morgan fingerprint density at radius 3 is 2.81 bits per heavy atom. The average molecular weight is 477 g/mol. The molecule has 1 fully saturated rings. The highest BCUT2D eigenvalue weighted by Gasteiger charge is 2.24. The molecular weight excluding hydrogens is 445 g/mol. The summed E-state index contributed by atoms with van der Waals surface area (Å²) in [5, 5.41) is 3.47. The number of ether oxygens (including phenoxy) is 3. The van der Waals surface area contributed by atoms with E-state index in [0.717, 1.165) is 50.8 Å². The van der Waals surface area contributed by atoms with Gasteiger partial charge < -0.3 is 24.4 Å². The van der Waals surface area contributed by atoms with Crippen molar-refractivity contribution in [3.05, 3.63) is 29.8 Å². The minimum Gasteiger partial charge on any atom is -0.496 e. The van der Waals surface area contributed by atoms with Crippen molar-refractivity contribution >= 4 is 29.9 Å². The zero-order valence-corrected chi connectivity index (χ0v) is 18.4. The lowest BCUT2D eigenvalue weighted by atomic mass is 10.1. The number of benzene rings is 1. The van der Waals surface area contributed by atoms with Gasteiger partial charge in [-0.15, -0.1) is 24.0 Å². The molecule has 7 heteroatoms. The molecule has 2 rings (SSSR count).